The Labute approximate surface area is 177 Å². The first-order valence-corrected chi connectivity index (χ1v) is 10.1. The highest BCUT2D eigenvalue weighted by molar-refractivity contribution is 5.92. The van der Waals surface area contributed by atoms with Gasteiger partial charge in [0.05, 0.1) is 6.54 Å². The fraction of sp³-hybridized carbons (Fsp3) is 0.571. The molecule has 3 amide bonds. The van der Waals surface area contributed by atoms with E-state index in [1.807, 2.05) is 19.2 Å². The molecule has 1 aromatic rings. The molecule has 1 fully saturated rings. The van der Waals surface area contributed by atoms with Crippen molar-refractivity contribution in [2.75, 3.05) is 45.1 Å². The molecule has 30 heavy (non-hydrogen) atoms. The molecule has 4 N–H and O–H groups in total. The molecule has 0 spiro atoms. The highest BCUT2D eigenvalue weighted by atomic mass is 16.6. The molecular formula is C21H33N5O4. The number of hydrogen-bond donors (Lipinski definition) is 3. The van der Waals surface area contributed by atoms with Gasteiger partial charge in [-0.1, -0.05) is 12.1 Å². The number of likely N-dealkylation sites (N-methyl/N-ethyl adjacent to an activating group) is 1. The second kappa shape index (κ2) is 10.4. The van der Waals surface area contributed by atoms with Gasteiger partial charge in [-0.3, -0.25) is 9.59 Å². The zero-order valence-electron chi connectivity index (χ0n) is 18.2. The van der Waals surface area contributed by atoms with Gasteiger partial charge in [-0.2, -0.15) is 0 Å². The van der Waals surface area contributed by atoms with Crippen molar-refractivity contribution in [1.29, 1.82) is 0 Å². The molecule has 2 rings (SSSR count). The van der Waals surface area contributed by atoms with Crippen LogP contribution in [0.15, 0.2) is 24.3 Å². The average Bonchev–Trinajstić information content (AvgIpc) is 2.67. The molecule has 0 aliphatic carbocycles. The summed E-state index contributed by atoms with van der Waals surface area (Å²) in [7, 11) is 2.02. The zero-order valence-corrected chi connectivity index (χ0v) is 18.2. The van der Waals surface area contributed by atoms with Gasteiger partial charge in [-0.05, 0) is 45.5 Å². The summed E-state index contributed by atoms with van der Waals surface area (Å²) in [6, 6.07) is 6.37. The smallest absolute Gasteiger partial charge is 0.408 e. The third-order valence-electron chi connectivity index (χ3n) is 4.67. The average molecular weight is 420 g/mol. The van der Waals surface area contributed by atoms with Crippen molar-refractivity contribution in [3.05, 3.63) is 29.8 Å². The van der Waals surface area contributed by atoms with Crippen molar-refractivity contribution in [1.82, 2.24) is 15.1 Å². The van der Waals surface area contributed by atoms with Crippen molar-refractivity contribution < 1.29 is 19.1 Å². The van der Waals surface area contributed by atoms with Crippen LogP contribution in [-0.2, 0) is 20.7 Å². The van der Waals surface area contributed by atoms with Crippen molar-refractivity contribution in [2.45, 2.75) is 38.8 Å². The van der Waals surface area contributed by atoms with Crippen molar-refractivity contribution in [3.63, 3.8) is 0 Å². The van der Waals surface area contributed by atoms with Crippen LogP contribution in [0.4, 0.5) is 10.5 Å². The van der Waals surface area contributed by atoms with E-state index in [1.54, 1.807) is 37.8 Å². The van der Waals surface area contributed by atoms with Crippen LogP contribution in [0.2, 0.25) is 0 Å². The Hall–Kier alpha value is -2.65. The highest BCUT2D eigenvalue weighted by Crippen LogP contribution is 2.14. The molecule has 1 saturated heterocycles. The van der Waals surface area contributed by atoms with Crippen molar-refractivity contribution >= 4 is 23.6 Å². The minimum Gasteiger partial charge on any atom is -0.444 e. The highest BCUT2D eigenvalue weighted by Gasteiger charge is 2.29. The van der Waals surface area contributed by atoms with Gasteiger partial charge in [0.25, 0.3) is 0 Å². The van der Waals surface area contributed by atoms with Crippen LogP contribution in [0.1, 0.15) is 26.3 Å². The van der Waals surface area contributed by atoms with Crippen LogP contribution in [0.5, 0.6) is 0 Å². The standard InChI is InChI=1S/C21H33N5O4/c1-21(2,3)30-20(29)24-17(19(28)26-11-9-25(4)10-12-26)13-15-5-7-16(8-6-15)23-18(27)14-22/h5-8,17H,9-14,22H2,1-4H3,(H,23,27)(H,24,29). The molecular weight excluding hydrogens is 386 g/mol. The molecule has 1 aliphatic rings. The number of benzene rings is 1. The van der Waals surface area contributed by atoms with E-state index in [-0.39, 0.29) is 18.4 Å². The van der Waals surface area contributed by atoms with Gasteiger partial charge in [0.1, 0.15) is 11.6 Å². The lowest BCUT2D eigenvalue weighted by molar-refractivity contribution is -0.135. The number of nitrogens with one attached hydrogen (secondary N) is 2. The van der Waals surface area contributed by atoms with E-state index in [2.05, 4.69) is 15.5 Å². The summed E-state index contributed by atoms with van der Waals surface area (Å²) >= 11 is 0. The lowest BCUT2D eigenvalue weighted by atomic mass is 10.0. The van der Waals surface area contributed by atoms with Crippen LogP contribution in [0.3, 0.4) is 0 Å². The van der Waals surface area contributed by atoms with Crippen LogP contribution in [0, 0.1) is 0 Å². The Morgan fingerprint density at radius 2 is 1.70 bits per heavy atom. The maximum atomic E-state index is 13.1. The van der Waals surface area contributed by atoms with E-state index in [1.165, 1.54) is 0 Å². The van der Waals surface area contributed by atoms with Gasteiger partial charge < -0.3 is 30.9 Å². The first-order chi connectivity index (χ1) is 14.1. The third kappa shape index (κ3) is 7.64. The summed E-state index contributed by atoms with van der Waals surface area (Å²) in [6.45, 7) is 8.05. The predicted octanol–water partition coefficient (Wildman–Crippen LogP) is 0.794. The molecule has 0 saturated carbocycles. The molecule has 9 heteroatoms. The summed E-state index contributed by atoms with van der Waals surface area (Å²) in [6.07, 6.45) is -0.308. The minimum absolute atomic E-state index is 0.0941. The summed E-state index contributed by atoms with van der Waals surface area (Å²) in [5.41, 5.74) is 6.12. The normalized spacial score (nSPS) is 16.0. The molecule has 0 aromatic heterocycles. The fourth-order valence-corrected chi connectivity index (χ4v) is 3.07. The number of anilines is 1. The zero-order chi connectivity index (χ0) is 22.3. The quantitative estimate of drug-likeness (QED) is 0.628. The molecule has 1 atom stereocenters. The number of nitrogens with zero attached hydrogens (tertiary/aromatic N) is 2. The van der Waals surface area contributed by atoms with E-state index in [4.69, 9.17) is 10.5 Å². The van der Waals surface area contributed by atoms with Crippen LogP contribution in [0.25, 0.3) is 0 Å². The van der Waals surface area contributed by atoms with Crippen LogP contribution in [-0.4, -0.2) is 79.1 Å². The lowest BCUT2D eigenvalue weighted by Gasteiger charge is -2.35. The second-order valence-corrected chi connectivity index (χ2v) is 8.48. The van der Waals surface area contributed by atoms with E-state index >= 15 is 0 Å². The van der Waals surface area contributed by atoms with E-state index in [9.17, 15) is 14.4 Å². The number of piperazine rings is 1. The van der Waals surface area contributed by atoms with Gasteiger partial charge in [0, 0.05) is 38.3 Å². The number of ether oxygens (including phenoxy) is 1. The number of rotatable bonds is 6. The molecule has 0 bridgehead atoms. The predicted molar refractivity (Wildman–Crippen MR) is 115 cm³/mol. The Morgan fingerprint density at radius 1 is 1.10 bits per heavy atom. The maximum Gasteiger partial charge on any atom is 0.408 e. The van der Waals surface area contributed by atoms with E-state index < -0.39 is 17.7 Å². The van der Waals surface area contributed by atoms with Gasteiger partial charge >= 0.3 is 6.09 Å². The van der Waals surface area contributed by atoms with E-state index in [0.29, 0.717) is 25.2 Å². The number of carbonyl (C=O) groups excluding carboxylic acids is 3. The summed E-state index contributed by atoms with van der Waals surface area (Å²) in [4.78, 5) is 40.8. The number of carbonyl (C=O) groups is 3. The van der Waals surface area contributed by atoms with Crippen molar-refractivity contribution in [3.8, 4) is 0 Å². The largest absolute Gasteiger partial charge is 0.444 e. The van der Waals surface area contributed by atoms with Crippen LogP contribution >= 0.6 is 0 Å². The van der Waals surface area contributed by atoms with Gasteiger partial charge in [0.2, 0.25) is 11.8 Å². The molecule has 1 aliphatic heterocycles. The molecule has 0 radical (unpaired) electrons. The Morgan fingerprint density at radius 3 is 2.23 bits per heavy atom. The first-order valence-electron chi connectivity index (χ1n) is 10.1. The Balaban J connectivity index is 2.11. The molecule has 1 unspecified atom stereocenters. The monoisotopic (exact) mass is 419 g/mol. The molecule has 9 nitrogen and oxygen atoms in total. The van der Waals surface area contributed by atoms with Gasteiger partial charge in [-0.15, -0.1) is 0 Å². The number of hydrogen-bond acceptors (Lipinski definition) is 6. The summed E-state index contributed by atoms with van der Waals surface area (Å²) < 4.78 is 5.35. The maximum absolute atomic E-state index is 13.1. The molecule has 166 valence electrons. The number of nitrogens with two attached hydrogens (primary N) is 1. The second-order valence-electron chi connectivity index (χ2n) is 8.48. The topological polar surface area (TPSA) is 117 Å². The minimum atomic E-state index is -0.743. The SMILES string of the molecule is CN1CCN(C(=O)C(Cc2ccc(NC(=O)CN)cc2)NC(=O)OC(C)(C)C)CC1. The molecule has 1 aromatic carbocycles. The molecule has 1 heterocycles. The van der Waals surface area contributed by atoms with Crippen molar-refractivity contribution in [2.24, 2.45) is 5.73 Å². The Kier molecular flexibility index (Phi) is 8.19. The summed E-state index contributed by atoms with van der Waals surface area (Å²) in [5.74, 6) is -0.410. The van der Waals surface area contributed by atoms with Crippen LogP contribution < -0.4 is 16.4 Å². The van der Waals surface area contributed by atoms with Gasteiger partial charge in [-0.25, -0.2) is 4.79 Å². The first kappa shape index (κ1) is 23.6. The Bertz CT molecular complexity index is 737. The number of alkyl carbamates (subject to hydrolysis) is 1. The number of amides is 3. The van der Waals surface area contributed by atoms with Gasteiger partial charge in [0.15, 0.2) is 0 Å². The fourth-order valence-electron chi connectivity index (χ4n) is 3.07. The lowest BCUT2D eigenvalue weighted by Crippen LogP contribution is -2.55. The third-order valence-corrected chi connectivity index (χ3v) is 4.67. The summed E-state index contributed by atoms with van der Waals surface area (Å²) in [5, 5.41) is 5.41. The van der Waals surface area contributed by atoms with E-state index in [0.717, 1.165) is 18.7 Å².